The highest BCUT2D eigenvalue weighted by Gasteiger charge is 2.08. The second-order valence-electron chi connectivity index (χ2n) is 5.00. The van der Waals surface area contributed by atoms with Crippen LogP contribution < -0.4 is 16.0 Å². The first-order chi connectivity index (χ1) is 10.0. The zero-order valence-electron chi connectivity index (χ0n) is 12.4. The lowest BCUT2D eigenvalue weighted by atomic mass is 10.1. The van der Waals surface area contributed by atoms with E-state index < -0.39 is 5.91 Å². The Balaban J connectivity index is 2.15. The van der Waals surface area contributed by atoms with E-state index in [1.54, 1.807) is 12.1 Å². The largest absolute Gasteiger partial charge is 0.487 e. The molecule has 2 rings (SSSR count). The minimum Gasteiger partial charge on any atom is -0.487 e. The van der Waals surface area contributed by atoms with Crippen LogP contribution in [0.4, 0.5) is 0 Å². The van der Waals surface area contributed by atoms with Crippen LogP contribution in [0.3, 0.4) is 0 Å². The maximum atomic E-state index is 11.4. The van der Waals surface area contributed by atoms with Crippen molar-refractivity contribution in [2.75, 3.05) is 0 Å². The van der Waals surface area contributed by atoms with Crippen molar-refractivity contribution in [3.05, 3.63) is 58.4 Å². The molecular weight excluding hydrogens is 266 g/mol. The minimum atomic E-state index is -0.417. The van der Waals surface area contributed by atoms with Crippen LogP contribution >= 0.6 is 0 Å². The molecule has 2 aromatic rings. The summed E-state index contributed by atoms with van der Waals surface area (Å²) in [4.78, 5) is 15.7. The number of ether oxygens (including phenoxy) is 1. The summed E-state index contributed by atoms with van der Waals surface area (Å²) in [6.45, 7) is 6.39. The van der Waals surface area contributed by atoms with E-state index in [1.807, 2.05) is 19.9 Å². The predicted octanol–water partition coefficient (Wildman–Crippen LogP) is 2.19. The van der Waals surface area contributed by atoms with Gasteiger partial charge in [-0.05, 0) is 44.0 Å². The van der Waals surface area contributed by atoms with Crippen molar-refractivity contribution in [1.29, 1.82) is 0 Å². The SMILES string of the molecule is Cc1cc(C)c(OCc2cccc(C(=O)NN)n2)c(C)c1. The van der Waals surface area contributed by atoms with E-state index in [1.165, 1.54) is 5.56 Å². The van der Waals surface area contributed by atoms with Crippen LogP contribution in [-0.4, -0.2) is 10.9 Å². The van der Waals surface area contributed by atoms with Gasteiger partial charge in [0, 0.05) is 0 Å². The molecule has 0 saturated carbocycles. The number of hydrogen-bond acceptors (Lipinski definition) is 4. The van der Waals surface area contributed by atoms with Crippen molar-refractivity contribution in [3.8, 4) is 5.75 Å². The van der Waals surface area contributed by atoms with Gasteiger partial charge in [0.25, 0.3) is 5.91 Å². The van der Waals surface area contributed by atoms with Crippen molar-refractivity contribution in [3.63, 3.8) is 0 Å². The summed E-state index contributed by atoms with van der Waals surface area (Å²) in [6.07, 6.45) is 0. The number of carbonyl (C=O) groups is 1. The average molecular weight is 285 g/mol. The lowest BCUT2D eigenvalue weighted by molar-refractivity contribution is 0.0948. The first-order valence-electron chi connectivity index (χ1n) is 6.69. The molecule has 110 valence electrons. The first kappa shape index (κ1) is 15.0. The molecule has 0 fully saturated rings. The molecule has 5 nitrogen and oxygen atoms in total. The normalized spacial score (nSPS) is 10.3. The van der Waals surface area contributed by atoms with Crippen molar-refractivity contribution in [1.82, 2.24) is 10.4 Å². The molecule has 1 aromatic heterocycles. The van der Waals surface area contributed by atoms with Crippen LogP contribution in [0, 0.1) is 20.8 Å². The summed E-state index contributed by atoms with van der Waals surface area (Å²) in [5.41, 5.74) is 6.39. The Kier molecular flexibility index (Phi) is 4.55. The Morgan fingerprint density at radius 1 is 1.24 bits per heavy atom. The zero-order chi connectivity index (χ0) is 15.4. The molecule has 0 aliphatic carbocycles. The third kappa shape index (κ3) is 3.58. The summed E-state index contributed by atoms with van der Waals surface area (Å²) in [5.74, 6) is 5.54. The molecule has 21 heavy (non-hydrogen) atoms. The number of aromatic nitrogens is 1. The van der Waals surface area contributed by atoms with Crippen LogP contribution in [0.2, 0.25) is 0 Å². The molecular formula is C16H19N3O2. The summed E-state index contributed by atoms with van der Waals surface area (Å²) in [5, 5.41) is 0. The van der Waals surface area contributed by atoms with Gasteiger partial charge in [-0.25, -0.2) is 10.8 Å². The molecule has 1 aromatic carbocycles. The standard InChI is InChI=1S/C16H19N3O2/c1-10-7-11(2)15(12(3)8-10)21-9-13-5-4-6-14(18-13)16(20)19-17/h4-8H,9,17H2,1-3H3,(H,19,20). The molecule has 0 atom stereocenters. The summed E-state index contributed by atoms with van der Waals surface area (Å²) >= 11 is 0. The van der Waals surface area contributed by atoms with Crippen LogP contribution in [0.15, 0.2) is 30.3 Å². The van der Waals surface area contributed by atoms with E-state index in [0.717, 1.165) is 16.9 Å². The third-order valence-corrected chi connectivity index (χ3v) is 3.14. The van der Waals surface area contributed by atoms with Gasteiger partial charge in [-0.15, -0.1) is 0 Å². The zero-order valence-corrected chi connectivity index (χ0v) is 12.4. The number of carbonyl (C=O) groups excluding carboxylic acids is 1. The Morgan fingerprint density at radius 2 is 1.90 bits per heavy atom. The van der Waals surface area contributed by atoms with Crippen molar-refractivity contribution >= 4 is 5.91 Å². The third-order valence-electron chi connectivity index (χ3n) is 3.14. The first-order valence-corrected chi connectivity index (χ1v) is 6.69. The second kappa shape index (κ2) is 6.37. The van der Waals surface area contributed by atoms with E-state index in [9.17, 15) is 4.79 Å². The molecule has 5 heteroatoms. The number of benzene rings is 1. The molecule has 0 bridgehead atoms. The van der Waals surface area contributed by atoms with Gasteiger partial charge in [0.1, 0.15) is 18.1 Å². The maximum absolute atomic E-state index is 11.4. The second-order valence-corrected chi connectivity index (χ2v) is 5.00. The van der Waals surface area contributed by atoms with Crippen LogP contribution in [-0.2, 0) is 6.61 Å². The van der Waals surface area contributed by atoms with Crippen molar-refractivity contribution in [2.24, 2.45) is 5.84 Å². The summed E-state index contributed by atoms with van der Waals surface area (Å²) in [7, 11) is 0. The fourth-order valence-corrected chi connectivity index (χ4v) is 2.30. The van der Waals surface area contributed by atoms with Gasteiger partial charge < -0.3 is 4.74 Å². The fourth-order valence-electron chi connectivity index (χ4n) is 2.30. The minimum absolute atomic E-state index is 0.274. The molecule has 0 aliphatic rings. The van der Waals surface area contributed by atoms with E-state index in [-0.39, 0.29) is 5.69 Å². The van der Waals surface area contributed by atoms with E-state index in [0.29, 0.717) is 12.3 Å². The maximum Gasteiger partial charge on any atom is 0.283 e. The highest BCUT2D eigenvalue weighted by molar-refractivity contribution is 5.91. The number of nitrogens with zero attached hydrogens (tertiary/aromatic N) is 1. The van der Waals surface area contributed by atoms with Gasteiger partial charge in [-0.1, -0.05) is 23.8 Å². The quantitative estimate of drug-likeness (QED) is 0.513. The van der Waals surface area contributed by atoms with E-state index >= 15 is 0 Å². The number of amides is 1. The van der Waals surface area contributed by atoms with Gasteiger partial charge in [0.2, 0.25) is 0 Å². The number of hydrazine groups is 1. The van der Waals surface area contributed by atoms with Gasteiger partial charge in [0.15, 0.2) is 0 Å². The fraction of sp³-hybridized carbons (Fsp3) is 0.250. The van der Waals surface area contributed by atoms with Gasteiger partial charge >= 0.3 is 0 Å². The van der Waals surface area contributed by atoms with Gasteiger partial charge in [0.05, 0.1) is 5.69 Å². The Morgan fingerprint density at radius 3 is 2.52 bits per heavy atom. The molecule has 0 unspecified atom stereocenters. The van der Waals surface area contributed by atoms with Gasteiger partial charge in [-0.3, -0.25) is 10.2 Å². The number of nitrogen functional groups attached to an aromatic ring is 1. The smallest absolute Gasteiger partial charge is 0.283 e. The van der Waals surface area contributed by atoms with Crippen LogP contribution in [0.1, 0.15) is 32.9 Å². The predicted molar refractivity (Wildman–Crippen MR) is 80.9 cm³/mol. The Bertz CT molecular complexity index is 645. The van der Waals surface area contributed by atoms with Crippen molar-refractivity contribution in [2.45, 2.75) is 27.4 Å². The molecule has 3 N–H and O–H groups in total. The number of aryl methyl sites for hydroxylation is 3. The molecule has 0 aliphatic heterocycles. The van der Waals surface area contributed by atoms with Gasteiger partial charge in [-0.2, -0.15) is 0 Å². The average Bonchev–Trinajstić information content (AvgIpc) is 2.45. The van der Waals surface area contributed by atoms with Crippen LogP contribution in [0.5, 0.6) is 5.75 Å². The number of nitrogens with one attached hydrogen (secondary N) is 1. The monoisotopic (exact) mass is 285 g/mol. The Hall–Kier alpha value is -2.40. The molecule has 0 spiro atoms. The summed E-state index contributed by atoms with van der Waals surface area (Å²) < 4.78 is 5.85. The number of rotatable bonds is 4. The van der Waals surface area contributed by atoms with Crippen molar-refractivity contribution < 1.29 is 9.53 Å². The van der Waals surface area contributed by atoms with E-state index in [2.05, 4.69) is 29.5 Å². The molecule has 0 saturated heterocycles. The molecule has 0 radical (unpaired) electrons. The lowest BCUT2D eigenvalue weighted by Crippen LogP contribution is -2.30. The number of hydrogen-bond donors (Lipinski definition) is 2. The highest BCUT2D eigenvalue weighted by Crippen LogP contribution is 2.25. The van der Waals surface area contributed by atoms with Crippen LogP contribution in [0.25, 0.3) is 0 Å². The number of nitrogens with two attached hydrogens (primary N) is 1. The van der Waals surface area contributed by atoms with E-state index in [4.69, 9.17) is 10.6 Å². The Labute approximate surface area is 124 Å². The molecule has 1 amide bonds. The summed E-state index contributed by atoms with van der Waals surface area (Å²) in [6, 6.07) is 9.33. The lowest BCUT2D eigenvalue weighted by Gasteiger charge is -2.13. The highest BCUT2D eigenvalue weighted by atomic mass is 16.5. The topological polar surface area (TPSA) is 77.2 Å². The molecule has 1 heterocycles. The number of pyridine rings is 1.